The van der Waals surface area contributed by atoms with Gasteiger partial charge in [-0.25, -0.2) is 4.39 Å². The third-order valence-electron chi connectivity index (χ3n) is 3.26. The van der Waals surface area contributed by atoms with Crippen LogP contribution in [-0.4, -0.2) is 12.3 Å². The van der Waals surface area contributed by atoms with Crippen LogP contribution in [-0.2, 0) is 0 Å². The Morgan fingerprint density at radius 3 is 2.71 bits per heavy atom. The number of thioether (sulfide) groups is 1. The summed E-state index contributed by atoms with van der Waals surface area (Å²) >= 11 is 7.72. The molecule has 1 unspecified atom stereocenters. The molecule has 0 fully saturated rings. The normalized spacial score (nSPS) is 12.4. The predicted molar refractivity (Wildman–Crippen MR) is 89.7 cm³/mol. The molecule has 2 aromatic carbocycles. The second-order valence-corrected chi connectivity index (χ2v) is 6.42. The number of hydrogen-bond donors (Lipinski definition) is 1. The van der Waals surface area contributed by atoms with Gasteiger partial charge < -0.3 is 5.32 Å². The highest BCUT2D eigenvalue weighted by atomic mass is 35.5. The van der Waals surface area contributed by atoms with Crippen LogP contribution in [0.4, 0.5) is 4.39 Å². The Labute approximate surface area is 134 Å². The summed E-state index contributed by atoms with van der Waals surface area (Å²) in [6.45, 7) is 4.68. The maximum Gasteiger partial charge on any atom is 0.126 e. The molecule has 112 valence electrons. The molecule has 0 radical (unpaired) electrons. The summed E-state index contributed by atoms with van der Waals surface area (Å²) in [7, 11) is 0. The molecule has 0 bridgehead atoms. The van der Waals surface area contributed by atoms with Crippen LogP contribution in [0.25, 0.3) is 0 Å². The molecule has 0 spiro atoms. The second-order valence-electron chi connectivity index (χ2n) is 4.89. The van der Waals surface area contributed by atoms with E-state index in [-0.39, 0.29) is 11.9 Å². The van der Waals surface area contributed by atoms with Crippen LogP contribution in [0, 0.1) is 12.7 Å². The molecule has 0 amide bonds. The minimum absolute atomic E-state index is 0.120. The van der Waals surface area contributed by atoms with Crippen molar-refractivity contribution in [2.45, 2.75) is 24.8 Å². The average Bonchev–Trinajstić information content (AvgIpc) is 2.46. The quantitative estimate of drug-likeness (QED) is 0.730. The first kappa shape index (κ1) is 16.3. The van der Waals surface area contributed by atoms with Gasteiger partial charge in [0.2, 0.25) is 0 Å². The van der Waals surface area contributed by atoms with Crippen LogP contribution in [0.1, 0.15) is 24.1 Å². The monoisotopic (exact) mass is 323 g/mol. The summed E-state index contributed by atoms with van der Waals surface area (Å²) in [6, 6.07) is 13.4. The zero-order valence-electron chi connectivity index (χ0n) is 12.2. The Balaban J connectivity index is 2.09. The van der Waals surface area contributed by atoms with Gasteiger partial charge in [0, 0.05) is 21.7 Å². The van der Waals surface area contributed by atoms with Crippen molar-refractivity contribution < 1.29 is 4.39 Å². The molecule has 1 atom stereocenters. The van der Waals surface area contributed by atoms with Gasteiger partial charge in [-0.3, -0.25) is 0 Å². The van der Waals surface area contributed by atoms with E-state index in [4.69, 9.17) is 11.6 Å². The van der Waals surface area contributed by atoms with Crippen molar-refractivity contribution in [3.63, 3.8) is 0 Å². The first-order valence-corrected chi connectivity index (χ1v) is 8.34. The molecule has 0 aliphatic rings. The van der Waals surface area contributed by atoms with Crippen LogP contribution in [0.3, 0.4) is 0 Å². The molecule has 0 heterocycles. The molecule has 0 aliphatic carbocycles. The fourth-order valence-electron chi connectivity index (χ4n) is 2.08. The topological polar surface area (TPSA) is 12.0 Å². The fourth-order valence-corrected chi connectivity index (χ4v) is 3.39. The van der Waals surface area contributed by atoms with Gasteiger partial charge >= 0.3 is 0 Å². The van der Waals surface area contributed by atoms with Crippen molar-refractivity contribution >= 4 is 23.4 Å². The summed E-state index contributed by atoms with van der Waals surface area (Å²) in [6.07, 6.45) is 0. The second kappa shape index (κ2) is 7.83. The molecule has 21 heavy (non-hydrogen) atoms. The highest BCUT2D eigenvalue weighted by Gasteiger charge is 2.12. The van der Waals surface area contributed by atoms with Gasteiger partial charge in [-0.15, -0.1) is 11.8 Å². The molecule has 0 saturated carbocycles. The van der Waals surface area contributed by atoms with E-state index in [0.29, 0.717) is 5.56 Å². The molecule has 2 rings (SSSR count). The van der Waals surface area contributed by atoms with Gasteiger partial charge in [0.15, 0.2) is 0 Å². The SMILES string of the molecule is CCNC(CSc1cccc(Cl)c1)c1ccc(C)c(F)c1. The van der Waals surface area contributed by atoms with E-state index in [1.165, 1.54) is 0 Å². The molecular formula is C17H19ClFNS. The fraction of sp³-hybridized carbons (Fsp3) is 0.294. The molecular weight excluding hydrogens is 305 g/mol. The van der Waals surface area contributed by atoms with E-state index < -0.39 is 0 Å². The summed E-state index contributed by atoms with van der Waals surface area (Å²) < 4.78 is 13.7. The maximum absolute atomic E-state index is 13.7. The van der Waals surface area contributed by atoms with Crippen molar-refractivity contribution in [3.8, 4) is 0 Å². The zero-order valence-corrected chi connectivity index (χ0v) is 13.8. The summed E-state index contributed by atoms with van der Waals surface area (Å²) in [5.41, 5.74) is 1.66. The third kappa shape index (κ3) is 4.73. The van der Waals surface area contributed by atoms with Gasteiger partial charge in [-0.1, -0.05) is 36.7 Å². The molecule has 1 nitrogen and oxygen atoms in total. The lowest BCUT2D eigenvalue weighted by Gasteiger charge is -2.18. The van der Waals surface area contributed by atoms with Crippen LogP contribution >= 0.6 is 23.4 Å². The first-order chi connectivity index (χ1) is 10.1. The van der Waals surface area contributed by atoms with Crippen LogP contribution in [0.15, 0.2) is 47.4 Å². The molecule has 4 heteroatoms. The van der Waals surface area contributed by atoms with Crippen molar-refractivity contribution in [2.24, 2.45) is 0 Å². The lowest BCUT2D eigenvalue weighted by molar-refractivity contribution is 0.585. The zero-order chi connectivity index (χ0) is 15.2. The number of nitrogens with one attached hydrogen (secondary N) is 1. The molecule has 0 saturated heterocycles. The van der Waals surface area contributed by atoms with Gasteiger partial charge in [-0.2, -0.15) is 0 Å². The van der Waals surface area contributed by atoms with Gasteiger partial charge in [-0.05, 0) is 48.9 Å². The standard InChI is InChI=1S/C17H19ClFNS/c1-3-20-17(13-8-7-12(2)16(19)9-13)11-21-15-6-4-5-14(18)10-15/h4-10,17,20H,3,11H2,1-2H3. The average molecular weight is 324 g/mol. The smallest absolute Gasteiger partial charge is 0.126 e. The van der Waals surface area contributed by atoms with E-state index in [2.05, 4.69) is 12.2 Å². The molecule has 1 N–H and O–H groups in total. The summed E-state index contributed by atoms with van der Waals surface area (Å²) in [5, 5.41) is 4.15. The molecule has 2 aromatic rings. The molecule has 0 aromatic heterocycles. The number of hydrogen-bond acceptors (Lipinski definition) is 2. The number of halogens is 2. The Kier molecular flexibility index (Phi) is 6.09. The summed E-state index contributed by atoms with van der Waals surface area (Å²) in [4.78, 5) is 1.12. The van der Waals surface area contributed by atoms with Crippen LogP contribution in [0.5, 0.6) is 0 Å². The van der Waals surface area contributed by atoms with E-state index in [1.807, 2.05) is 36.4 Å². The Morgan fingerprint density at radius 1 is 1.24 bits per heavy atom. The van der Waals surface area contributed by atoms with Crippen LogP contribution < -0.4 is 5.32 Å². The van der Waals surface area contributed by atoms with Crippen molar-refractivity contribution in [1.29, 1.82) is 0 Å². The highest BCUT2D eigenvalue weighted by molar-refractivity contribution is 7.99. The number of benzene rings is 2. The molecule has 0 aliphatic heterocycles. The van der Waals surface area contributed by atoms with E-state index >= 15 is 0 Å². The van der Waals surface area contributed by atoms with Gasteiger partial charge in [0.05, 0.1) is 0 Å². The van der Waals surface area contributed by atoms with Gasteiger partial charge in [0.25, 0.3) is 0 Å². The summed E-state index contributed by atoms with van der Waals surface area (Å²) in [5.74, 6) is 0.680. The maximum atomic E-state index is 13.7. The van der Waals surface area contributed by atoms with Gasteiger partial charge in [0.1, 0.15) is 5.82 Å². The largest absolute Gasteiger partial charge is 0.309 e. The number of rotatable bonds is 6. The first-order valence-electron chi connectivity index (χ1n) is 6.98. The third-order valence-corrected chi connectivity index (χ3v) is 4.58. The lowest BCUT2D eigenvalue weighted by Crippen LogP contribution is -2.23. The predicted octanol–water partition coefficient (Wildman–Crippen LogP) is 5.23. The highest BCUT2D eigenvalue weighted by Crippen LogP contribution is 2.27. The van der Waals surface area contributed by atoms with Crippen molar-refractivity contribution in [1.82, 2.24) is 5.32 Å². The van der Waals surface area contributed by atoms with E-state index in [9.17, 15) is 4.39 Å². The van der Waals surface area contributed by atoms with E-state index in [1.54, 1.807) is 24.8 Å². The minimum Gasteiger partial charge on any atom is -0.309 e. The van der Waals surface area contributed by atoms with Crippen LogP contribution in [0.2, 0.25) is 5.02 Å². The number of aryl methyl sites for hydroxylation is 1. The lowest BCUT2D eigenvalue weighted by atomic mass is 10.1. The Bertz CT molecular complexity index is 603. The minimum atomic E-state index is -0.150. The van der Waals surface area contributed by atoms with Crippen molar-refractivity contribution in [2.75, 3.05) is 12.3 Å². The Morgan fingerprint density at radius 2 is 2.05 bits per heavy atom. The van der Waals surface area contributed by atoms with E-state index in [0.717, 1.165) is 27.8 Å². The van der Waals surface area contributed by atoms with Crippen molar-refractivity contribution in [3.05, 3.63) is 64.4 Å². The Hall–Kier alpha value is -1.03.